The fourth-order valence-corrected chi connectivity index (χ4v) is 7.90. The largest absolute Gasteiger partial charge is 0.507 e. The van der Waals surface area contributed by atoms with E-state index in [1.165, 1.54) is 53.2 Å². The molecule has 2 aromatic carbocycles. The SMILES string of the molecule is CO[C@H]1/C=C/O[C@@]2(C)Oc3c(C)c(O)c4c(=O)c(c5oc6cc(OCCNCCN)ccc6nc-5c4c3C2=O)NC(=O)/C(C)=C\C=C\[C@H](C)[C@H](O)[C@@H](C)[C@@H](O)[C@@H](C)[C@H](OC(C)=O)C1. The van der Waals surface area contributed by atoms with Crippen molar-refractivity contribution in [1.29, 1.82) is 0 Å². The molecule has 2 aromatic rings. The number of anilines is 1. The molecule has 7 N–H and O–H groups in total. The number of aliphatic hydroxyl groups is 2. The lowest BCUT2D eigenvalue weighted by molar-refractivity contribution is -0.155. The summed E-state index contributed by atoms with van der Waals surface area (Å²) in [5.74, 6) is -6.25. The van der Waals surface area contributed by atoms with Crippen molar-refractivity contribution in [2.45, 2.75) is 85.1 Å². The average molecular weight is 873 g/mol. The molecule has 3 heterocycles. The van der Waals surface area contributed by atoms with Gasteiger partial charge in [0, 0.05) is 87.4 Å². The Kier molecular flexibility index (Phi) is 14.3. The first kappa shape index (κ1) is 46.6. The number of carbonyl (C=O) groups is 3. The van der Waals surface area contributed by atoms with Gasteiger partial charge < -0.3 is 59.8 Å². The highest BCUT2D eigenvalue weighted by Crippen LogP contribution is 2.50. The number of allylic oxidation sites excluding steroid dienone is 2. The van der Waals surface area contributed by atoms with Crippen LogP contribution in [-0.4, -0.2) is 102 Å². The van der Waals surface area contributed by atoms with E-state index in [0.29, 0.717) is 37.5 Å². The van der Waals surface area contributed by atoms with Crippen LogP contribution in [0, 0.1) is 24.7 Å². The number of rotatable bonds is 8. The summed E-state index contributed by atoms with van der Waals surface area (Å²) in [4.78, 5) is 60.3. The topological polar surface area (TPSA) is 251 Å². The van der Waals surface area contributed by atoms with Crippen LogP contribution in [0.2, 0.25) is 0 Å². The van der Waals surface area contributed by atoms with E-state index in [4.69, 9.17) is 38.8 Å². The third-order valence-corrected chi connectivity index (χ3v) is 11.7. The number of nitrogens with two attached hydrogens (primary N) is 1. The molecule has 63 heavy (non-hydrogen) atoms. The fourth-order valence-electron chi connectivity index (χ4n) is 7.90. The van der Waals surface area contributed by atoms with E-state index in [0.717, 1.165) is 0 Å². The highest BCUT2D eigenvalue weighted by molar-refractivity contribution is 6.22. The van der Waals surface area contributed by atoms with Crippen molar-refractivity contribution in [3.63, 3.8) is 0 Å². The number of amides is 1. The second-order valence-electron chi connectivity index (χ2n) is 16.3. The minimum absolute atomic E-state index is 0.0319. The van der Waals surface area contributed by atoms with Gasteiger partial charge in [-0.3, -0.25) is 19.2 Å². The molecule has 338 valence electrons. The molecular formula is C46H56N4O13. The monoisotopic (exact) mass is 872 g/mol. The smallest absolute Gasteiger partial charge is 0.312 e. The van der Waals surface area contributed by atoms with E-state index in [-0.39, 0.29) is 62.4 Å². The van der Waals surface area contributed by atoms with Gasteiger partial charge in [-0.05, 0) is 32.1 Å². The van der Waals surface area contributed by atoms with Crippen molar-refractivity contribution in [1.82, 2.24) is 10.3 Å². The van der Waals surface area contributed by atoms with Crippen LogP contribution in [0.4, 0.5) is 5.69 Å². The standard InChI is InChI=1S/C46H56N4O13/c1-22-10-9-11-23(2)45(57)50-37-41(55)34-33(36-43(37)62-32-21-29(12-13-30(32)49-36)59-19-17-48-16-15-47)35-42(26(5)40(34)54)63-46(7,44(35)56)60-18-14-28(58-8)20-31(61-27(6)51)24(3)39(53)25(4)38(22)52/h9-14,18,21-22,24-25,28,31,38-39,48,52-54H,15-17,19-20,47H2,1-8H3,(H,50,57)/b10-9+,18-14+,23-11-/t22-,24-,25+,28-,31+,38-,39-,46-/m0/s1. The average Bonchev–Trinajstić information content (AvgIpc) is 3.52. The number of aromatic hydroxyl groups is 1. The van der Waals surface area contributed by atoms with Gasteiger partial charge in [0.05, 0.1) is 35.5 Å². The maximum atomic E-state index is 14.7. The summed E-state index contributed by atoms with van der Waals surface area (Å²) < 4.78 is 35.8. The summed E-state index contributed by atoms with van der Waals surface area (Å²) in [7, 11) is 1.43. The Bertz CT molecular complexity index is 2510. The van der Waals surface area contributed by atoms with Crippen LogP contribution < -0.4 is 31.3 Å². The Morgan fingerprint density at radius 2 is 1.81 bits per heavy atom. The van der Waals surface area contributed by atoms with Crippen LogP contribution in [0.1, 0.15) is 63.9 Å². The number of nitrogens with zero attached hydrogens (tertiary/aromatic N) is 1. The van der Waals surface area contributed by atoms with E-state index >= 15 is 0 Å². The molecule has 0 saturated heterocycles. The zero-order valence-corrected chi connectivity index (χ0v) is 36.6. The van der Waals surface area contributed by atoms with Crippen molar-refractivity contribution in [2.75, 3.05) is 38.7 Å². The lowest BCUT2D eigenvalue weighted by Crippen LogP contribution is -2.43. The molecule has 0 aromatic heterocycles. The zero-order chi connectivity index (χ0) is 45.9. The lowest BCUT2D eigenvalue weighted by atomic mass is 9.81. The first-order valence-electron chi connectivity index (χ1n) is 20.9. The second-order valence-corrected chi connectivity index (χ2v) is 16.3. The Labute approximate surface area is 364 Å². The number of phenols is 1. The number of Topliss-reactive ketones (excluding diaryl/α,β-unsaturated/α-hetero) is 1. The molecule has 8 atom stereocenters. The van der Waals surface area contributed by atoms with Crippen LogP contribution in [0.5, 0.6) is 17.2 Å². The van der Waals surface area contributed by atoms with Gasteiger partial charge in [0.25, 0.3) is 11.7 Å². The maximum Gasteiger partial charge on any atom is 0.312 e. The number of methoxy groups -OCH3 is 1. The van der Waals surface area contributed by atoms with Gasteiger partial charge in [-0.15, -0.1) is 0 Å². The fraction of sp³-hybridized carbons (Fsp3) is 0.457. The Balaban J connectivity index is 1.54. The maximum absolute atomic E-state index is 14.7. The summed E-state index contributed by atoms with van der Waals surface area (Å²) in [6.45, 7) is 12.7. The van der Waals surface area contributed by atoms with E-state index in [1.54, 1.807) is 51.1 Å². The van der Waals surface area contributed by atoms with E-state index in [2.05, 4.69) is 10.6 Å². The van der Waals surface area contributed by atoms with Gasteiger partial charge in [0.2, 0.25) is 5.43 Å². The number of nitrogens with one attached hydrogen (secondary N) is 2. The highest BCUT2D eigenvalue weighted by atomic mass is 16.7. The summed E-state index contributed by atoms with van der Waals surface area (Å²) in [6, 6.07) is 4.90. The molecule has 4 aliphatic rings. The highest BCUT2D eigenvalue weighted by Gasteiger charge is 2.50. The Morgan fingerprint density at radius 1 is 1.06 bits per heavy atom. The molecule has 6 rings (SSSR count). The van der Waals surface area contributed by atoms with Crippen LogP contribution in [0.15, 0.2) is 63.6 Å². The van der Waals surface area contributed by atoms with Crippen LogP contribution in [0.25, 0.3) is 33.3 Å². The molecule has 0 radical (unpaired) electrons. The quantitative estimate of drug-likeness (QED) is 0.0611. The number of esters is 1. The first-order valence-corrected chi connectivity index (χ1v) is 20.9. The number of phenolic OH excluding ortho intramolecular Hbond substituents is 1. The molecule has 1 amide bonds. The number of fused-ring (bicyclic) bond motifs is 2. The summed E-state index contributed by atoms with van der Waals surface area (Å²) >= 11 is 0. The number of benzene rings is 3. The van der Waals surface area contributed by atoms with Gasteiger partial charge in [0.15, 0.2) is 11.3 Å². The third kappa shape index (κ3) is 9.43. The van der Waals surface area contributed by atoms with Gasteiger partial charge in [0.1, 0.15) is 46.9 Å². The molecule has 17 nitrogen and oxygen atoms in total. The number of aromatic nitrogens is 1. The van der Waals surface area contributed by atoms with E-state index < -0.39 is 76.8 Å². The molecule has 0 spiro atoms. The van der Waals surface area contributed by atoms with Crippen molar-refractivity contribution in [3.8, 4) is 28.7 Å². The first-order chi connectivity index (χ1) is 29.9. The molecule has 0 unspecified atom stereocenters. The predicted octanol–water partition coefficient (Wildman–Crippen LogP) is 4.63. The number of carbonyl (C=O) groups excluding carboxylic acids is 3. The number of hydrogen-bond acceptors (Lipinski definition) is 16. The van der Waals surface area contributed by atoms with Crippen LogP contribution in [0.3, 0.4) is 0 Å². The van der Waals surface area contributed by atoms with Crippen LogP contribution >= 0.6 is 0 Å². The second kappa shape index (κ2) is 19.3. The van der Waals surface area contributed by atoms with E-state index in [1.807, 2.05) is 0 Å². The zero-order valence-electron chi connectivity index (χ0n) is 36.6. The summed E-state index contributed by atoms with van der Waals surface area (Å²) in [6.07, 6.45) is 3.66. The molecule has 0 fully saturated rings. The van der Waals surface area contributed by atoms with Crippen molar-refractivity contribution >= 4 is 45.2 Å². The molecule has 17 heteroatoms. The third-order valence-electron chi connectivity index (χ3n) is 11.7. The number of ketones is 1. The van der Waals surface area contributed by atoms with Gasteiger partial charge >= 0.3 is 11.8 Å². The molecule has 4 bridgehead atoms. The van der Waals surface area contributed by atoms with E-state index in [9.17, 15) is 34.5 Å². The Hall–Kier alpha value is -5.85. The van der Waals surface area contributed by atoms with Crippen molar-refractivity contribution < 1.29 is 57.8 Å². The molecule has 1 aliphatic carbocycles. The van der Waals surface area contributed by atoms with Crippen molar-refractivity contribution in [2.24, 2.45) is 23.5 Å². The van der Waals surface area contributed by atoms with Crippen molar-refractivity contribution in [3.05, 3.63) is 75.7 Å². The molecule has 3 aliphatic heterocycles. The van der Waals surface area contributed by atoms with Gasteiger partial charge in [-0.2, -0.15) is 0 Å². The summed E-state index contributed by atoms with van der Waals surface area (Å²) in [5.41, 5.74) is 4.91. The van der Waals surface area contributed by atoms with Gasteiger partial charge in [-0.25, -0.2) is 4.98 Å². The Morgan fingerprint density at radius 3 is 2.51 bits per heavy atom. The summed E-state index contributed by atoms with van der Waals surface area (Å²) in [5, 5.41) is 39.9. The molecule has 0 saturated carbocycles. The normalized spacial score (nSPS) is 27.7. The number of aliphatic hydroxyl groups excluding tert-OH is 2. The number of ether oxygens (including phenoxy) is 5. The molecular weight excluding hydrogens is 817 g/mol. The lowest BCUT2D eigenvalue weighted by Gasteiger charge is -2.35. The number of hydrogen-bond donors (Lipinski definition) is 6. The minimum Gasteiger partial charge on any atom is -0.507 e. The van der Waals surface area contributed by atoms with Gasteiger partial charge in [-0.1, -0.05) is 39.0 Å². The van der Waals surface area contributed by atoms with Crippen LogP contribution in [-0.2, 0) is 23.8 Å². The predicted molar refractivity (Wildman–Crippen MR) is 234 cm³/mol. The minimum atomic E-state index is -2.03.